The van der Waals surface area contributed by atoms with E-state index in [1.807, 2.05) is 60.7 Å². The Morgan fingerprint density at radius 2 is 1.50 bits per heavy atom. The molecular formula is C26H35NO4Si. The fourth-order valence-corrected chi connectivity index (χ4v) is 8.35. The molecule has 1 aliphatic rings. The topological polar surface area (TPSA) is 66.8 Å². The van der Waals surface area contributed by atoms with Gasteiger partial charge in [-0.3, -0.25) is 4.79 Å². The number of likely N-dealkylation sites (tertiary alicyclic amines) is 1. The van der Waals surface area contributed by atoms with E-state index in [2.05, 4.69) is 13.8 Å². The molecule has 5 nitrogen and oxygen atoms in total. The van der Waals surface area contributed by atoms with Crippen molar-refractivity contribution in [2.45, 2.75) is 77.0 Å². The summed E-state index contributed by atoms with van der Waals surface area (Å²) in [6.07, 6.45) is 1.72. The average molecular weight is 454 g/mol. The lowest BCUT2D eigenvalue weighted by Crippen LogP contribution is -2.65. The van der Waals surface area contributed by atoms with Crippen molar-refractivity contribution in [2.24, 2.45) is 0 Å². The highest BCUT2D eigenvalue weighted by Crippen LogP contribution is 2.41. The molecule has 1 N–H and O–H groups in total. The molecule has 2 aromatic carbocycles. The van der Waals surface area contributed by atoms with Crippen LogP contribution in [0.3, 0.4) is 0 Å². The van der Waals surface area contributed by atoms with Gasteiger partial charge in [-0.1, -0.05) is 74.5 Å². The maximum atomic E-state index is 12.7. The largest absolute Gasteiger partial charge is 0.443 e. The second-order valence-corrected chi connectivity index (χ2v) is 14.2. The molecule has 1 fully saturated rings. The zero-order valence-corrected chi connectivity index (χ0v) is 20.8. The summed E-state index contributed by atoms with van der Waals surface area (Å²) in [6.45, 7) is 9.61. The first-order valence-electron chi connectivity index (χ1n) is 11.3. The third kappa shape index (κ3) is 4.97. The summed E-state index contributed by atoms with van der Waals surface area (Å²) in [5.74, 6) is -0.180. The second kappa shape index (κ2) is 9.20. The Kier molecular flexibility index (Phi) is 6.96. The molecule has 1 saturated heterocycles. The molecule has 0 aromatic heterocycles. The van der Waals surface area contributed by atoms with Gasteiger partial charge >= 0.3 is 6.09 Å². The number of amides is 2. The number of imide groups is 1. The first-order valence-corrected chi connectivity index (χ1v) is 13.3. The minimum atomic E-state index is -3.13. The third-order valence-electron chi connectivity index (χ3n) is 6.38. The molecule has 2 aromatic rings. The van der Waals surface area contributed by atoms with Crippen LogP contribution in [-0.4, -0.2) is 41.7 Å². The fourth-order valence-electron chi connectivity index (χ4n) is 4.59. The van der Waals surface area contributed by atoms with E-state index in [0.717, 1.165) is 10.4 Å². The number of hydrogen-bond donors (Lipinski definition) is 1. The van der Waals surface area contributed by atoms with E-state index < -0.39 is 25.0 Å². The first-order chi connectivity index (χ1) is 15.0. The van der Waals surface area contributed by atoms with Crippen LogP contribution in [-0.2, 0) is 9.53 Å². The number of benzene rings is 2. The molecule has 2 amide bonds. The lowest BCUT2D eigenvalue weighted by atomic mass is 10.0. The molecule has 3 rings (SSSR count). The van der Waals surface area contributed by atoms with E-state index >= 15 is 0 Å². The van der Waals surface area contributed by atoms with Crippen LogP contribution in [0.2, 0.25) is 5.04 Å². The Morgan fingerprint density at radius 1 is 1.00 bits per heavy atom. The lowest BCUT2D eigenvalue weighted by Gasteiger charge is -2.42. The fraction of sp³-hybridized carbons (Fsp3) is 0.462. The van der Waals surface area contributed by atoms with Gasteiger partial charge in [-0.2, -0.15) is 0 Å². The monoisotopic (exact) mass is 453 g/mol. The maximum absolute atomic E-state index is 12.7. The molecular weight excluding hydrogens is 418 g/mol. The van der Waals surface area contributed by atoms with Crippen molar-refractivity contribution in [3.63, 3.8) is 0 Å². The predicted molar refractivity (Wildman–Crippen MR) is 130 cm³/mol. The van der Waals surface area contributed by atoms with Gasteiger partial charge in [0.2, 0.25) is 5.91 Å². The normalized spacial score (nSPS) is 17.5. The van der Waals surface area contributed by atoms with E-state index in [9.17, 15) is 14.4 Å². The zero-order valence-electron chi connectivity index (χ0n) is 19.8. The Hall–Kier alpha value is -2.44. The van der Waals surface area contributed by atoms with Crippen molar-refractivity contribution in [2.75, 3.05) is 0 Å². The molecule has 1 aliphatic heterocycles. The van der Waals surface area contributed by atoms with Gasteiger partial charge in [0, 0.05) is 12.5 Å². The average Bonchev–Trinajstić information content (AvgIpc) is 3.12. The van der Waals surface area contributed by atoms with Crippen LogP contribution in [0.5, 0.6) is 0 Å². The summed E-state index contributed by atoms with van der Waals surface area (Å²) in [6, 6.07) is 19.6. The van der Waals surface area contributed by atoms with E-state index in [1.54, 1.807) is 20.8 Å². The first kappa shape index (κ1) is 24.2. The number of hydrogen-bond acceptors (Lipinski definition) is 4. The summed E-state index contributed by atoms with van der Waals surface area (Å²) in [5, 5.41) is 1.49. The molecule has 0 spiro atoms. The number of carbonyl (C=O) groups excluding carboxylic acids is 2. The molecule has 6 heteroatoms. The van der Waals surface area contributed by atoms with E-state index in [-0.39, 0.29) is 11.9 Å². The Labute approximate surface area is 192 Å². The molecule has 32 heavy (non-hydrogen) atoms. The van der Waals surface area contributed by atoms with Crippen molar-refractivity contribution in [1.82, 2.24) is 4.90 Å². The van der Waals surface area contributed by atoms with Crippen molar-refractivity contribution in [1.29, 1.82) is 0 Å². The molecule has 0 saturated carbocycles. The van der Waals surface area contributed by atoms with Gasteiger partial charge in [0.1, 0.15) is 5.60 Å². The molecule has 0 aliphatic carbocycles. The third-order valence-corrected chi connectivity index (χ3v) is 10.9. The van der Waals surface area contributed by atoms with Gasteiger partial charge in [0.25, 0.3) is 8.32 Å². The summed E-state index contributed by atoms with van der Waals surface area (Å²) in [4.78, 5) is 38.7. The maximum Gasteiger partial charge on any atom is 0.417 e. The van der Waals surface area contributed by atoms with Crippen LogP contribution in [0.1, 0.15) is 60.3 Å². The van der Waals surface area contributed by atoms with E-state index in [0.29, 0.717) is 25.7 Å². The minimum absolute atomic E-state index is 0.180. The van der Waals surface area contributed by atoms with E-state index in [4.69, 9.17) is 4.74 Å². The highest BCUT2D eigenvalue weighted by molar-refractivity contribution is 6.98. The van der Waals surface area contributed by atoms with Gasteiger partial charge in [-0.15, -0.1) is 0 Å². The van der Waals surface area contributed by atoms with E-state index in [1.165, 1.54) is 4.90 Å². The number of carbonyl (C=O) groups is 2. The minimum Gasteiger partial charge on any atom is -0.443 e. The highest BCUT2D eigenvalue weighted by atomic mass is 28.4. The predicted octanol–water partition coefficient (Wildman–Crippen LogP) is 4.23. The van der Waals surface area contributed by atoms with Crippen LogP contribution < -0.4 is 10.4 Å². The molecule has 0 bridgehead atoms. The SMILES string of the molecule is CC(C)(C)OC(=O)N1C(=O)CC[C@@H]1CCC(C)(C)[Si](O)(c1ccccc1)c1ccccc1. The Bertz CT molecular complexity index is 898. The van der Waals surface area contributed by atoms with Gasteiger partial charge in [0.05, 0.1) is 0 Å². The number of ether oxygens (including phenoxy) is 1. The Morgan fingerprint density at radius 3 is 1.97 bits per heavy atom. The summed E-state index contributed by atoms with van der Waals surface area (Å²) >= 11 is 0. The zero-order chi connectivity index (χ0) is 23.6. The molecule has 0 unspecified atom stereocenters. The van der Waals surface area contributed by atoms with Crippen molar-refractivity contribution < 1.29 is 19.1 Å². The van der Waals surface area contributed by atoms with Crippen molar-refractivity contribution in [3.05, 3.63) is 60.7 Å². The van der Waals surface area contributed by atoms with Gasteiger partial charge in [-0.25, -0.2) is 9.69 Å². The molecule has 1 heterocycles. The van der Waals surface area contributed by atoms with Crippen LogP contribution in [0, 0.1) is 0 Å². The molecule has 1 atom stereocenters. The smallest absolute Gasteiger partial charge is 0.417 e. The Balaban J connectivity index is 1.86. The summed E-state index contributed by atoms with van der Waals surface area (Å²) in [7, 11) is -3.13. The number of rotatable bonds is 6. The van der Waals surface area contributed by atoms with Gasteiger partial charge in [-0.05, 0) is 55.4 Å². The summed E-state index contributed by atoms with van der Waals surface area (Å²) < 4.78 is 5.49. The lowest BCUT2D eigenvalue weighted by molar-refractivity contribution is -0.128. The van der Waals surface area contributed by atoms with Gasteiger partial charge in [0.15, 0.2) is 0 Å². The van der Waals surface area contributed by atoms with Crippen molar-refractivity contribution >= 4 is 30.7 Å². The highest BCUT2D eigenvalue weighted by Gasteiger charge is 2.50. The number of nitrogens with zero attached hydrogens (tertiary/aromatic N) is 1. The molecule has 0 radical (unpaired) electrons. The van der Waals surface area contributed by atoms with Crippen molar-refractivity contribution in [3.8, 4) is 0 Å². The van der Waals surface area contributed by atoms with Crippen LogP contribution in [0.4, 0.5) is 4.79 Å². The quantitative estimate of drug-likeness (QED) is 0.665. The van der Waals surface area contributed by atoms with Gasteiger partial charge < -0.3 is 9.53 Å². The van der Waals surface area contributed by atoms with Crippen LogP contribution in [0.25, 0.3) is 0 Å². The summed E-state index contributed by atoms with van der Waals surface area (Å²) in [5.41, 5.74) is -0.655. The van der Waals surface area contributed by atoms with Crippen LogP contribution >= 0.6 is 0 Å². The van der Waals surface area contributed by atoms with Crippen LogP contribution in [0.15, 0.2) is 60.7 Å². The standard InChI is InChI=1S/C26H35NO4Si/c1-25(2,3)31-24(29)27-20(16-17-23(27)28)18-19-26(4,5)32(30,21-12-8-6-9-13-21)22-14-10-7-11-15-22/h6-15,20,30H,16-19H2,1-5H3/t20-/m1/s1. The molecule has 172 valence electrons. The second-order valence-electron chi connectivity index (χ2n) is 10.3.